The fourth-order valence-corrected chi connectivity index (χ4v) is 0.979. The van der Waals surface area contributed by atoms with Gasteiger partial charge in [0.1, 0.15) is 0 Å². The second-order valence-corrected chi connectivity index (χ2v) is 5.95. The van der Waals surface area contributed by atoms with Gasteiger partial charge < -0.3 is 4.74 Å². The Kier molecular flexibility index (Phi) is 7.07. The monoisotopic (exact) mass is 358 g/mol. The van der Waals surface area contributed by atoms with Gasteiger partial charge in [-0.2, -0.15) is 0 Å². The maximum absolute atomic E-state index is 11.1. The van der Waals surface area contributed by atoms with Crippen LogP contribution in [0.15, 0.2) is 0 Å². The Morgan fingerprint density at radius 2 is 2.08 bits per heavy atom. The van der Waals surface area contributed by atoms with E-state index in [-0.39, 0.29) is 5.97 Å². The zero-order valence-electron chi connectivity index (χ0n) is 7.03. The van der Waals surface area contributed by atoms with E-state index in [2.05, 4.69) is 0 Å². The number of carbonyl (C=O) groups excluding carboxylic acids is 1. The topological polar surface area (TPSA) is 26.3 Å². The Morgan fingerprint density at radius 3 is 2.46 bits per heavy atom. The number of alkyl halides is 4. The molecule has 0 heterocycles. The Bertz CT molecular complexity index is 170. The molecule has 0 radical (unpaired) electrons. The van der Waals surface area contributed by atoms with Gasteiger partial charge in [0.25, 0.3) is 0 Å². The van der Waals surface area contributed by atoms with Crippen LogP contribution in [0.4, 0.5) is 0 Å². The van der Waals surface area contributed by atoms with Crippen LogP contribution in [0.1, 0.15) is 26.2 Å². The highest BCUT2D eigenvalue weighted by Crippen LogP contribution is 2.36. The standard InChI is InChI=1S/C7H10Cl3IO2/c1-2-3-4-5(12)13-6(11)7(8,9)10/h6H,2-4H2,1H3. The van der Waals surface area contributed by atoms with Crippen molar-refractivity contribution in [1.82, 2.24) is 0 Å². The molecule has 6 heteroatoms. The summed E-state index contributed by atoms with van der Waals surface area (Å²) in [6.07, 6.45) is 2.10. The third-order valence-electron chi connectivity index (χ3n) is 1.23. The van der Waals surface area contributed by atoms with Crippen molar-refractivity contribution in [3.63, 3.8) is 0 Å². The number of hydrogen-bond donors (Lipinski definition) is 0. The van der Waals surface area contributed by atoms with Crippen LogP contribution in [-0.4, -0.2) is 13.9 Å². The Balaban J connectivity index is 3.79. The fraction of sp³-hybridized carbons (Fsp3) is 0.857. The highest BCUT2D eigenvalue weighted by atomic mass is 127. The van der Waals surface area contributed by atoms with E-state index in [1.54, 1.807) is 22.6 Å². The SMILES string of the molecule is CCCCC(=O)OC(I)C(Cl)(Cl)Cl. The van der Waals surface area contributed by atoms with Crippen molar-refractivity contribution in [2.75, 3.05) is 0 Å². The van der Waals surface area contributed by atoms with Gasteiger partial charge in [0.05, 0.1) is 0 Å². The normalized spacial score (nSPS) is 13.9. The smallest absolute Gasteiger partial charge is 0.306 e. The maximum Gasteiger partial charge on any atom is 0.306 e. The van der Waals surface area contributed by atoms with E-state index in [4.69, 9.17) is 39.5 Å². The van der Waals surface area contributed by atoms with Crippen LogP contribution in [-0.2, 0) is 9.53 Å². The molecule has 0 bridgehead atoms. The highest BCUT2D eigenvalue weighted by Gasteiger charge is 2.33. The molecule has 1 atom stereocenters. The van der Waals surface area contributed by atoms with Gasteiger partial charge >= 0.3 is 5.97 Å². The van der Waals surface area contributed by atoms with Crippen LogP contribution in [0, 0.1) is 0 Å². The molecule has 0 saturated heterocycles. The molecular weight excluding hydrogens is 349 g/mol. The van der Waals surface area contributed by atoms with Gasteiger partial charge in [-0.15, -0.1) is 0 Å². The van der Waals surface area contributed by atoms with Crippen molar-refractivity contribution in [2.45, 2.75) is 34.1 Å². The van der Waals surface area contributed by atoms with Crippen LogP contribution < -0.4 is 0 Å². The minimum absolute atomic E-state index is 0.326. The zero-order valence-corrected chi connectivity index (χ0v) is 11.5. The van der Waals surface area contributed by atoms with E-state index in [9.17, 15) is 4.79 Å². The van der Waals surface area contributed by atoms with E-state index in [1.165, 1.54) is 0 Å². The van der Waals surface area contributed by atoms with Gasteiger partial charge in [0.2, 0.25) is 3.79 Å². The average Bonchev–Trinajstić information content (AvgIpc) is 1.99. The van der Waals surface area contributed by atoms with Crippen LogP contribution in [0.5, 0.6) is 0 Å². The van der Waals surface area contributed by atoms with Gasteiger partial charge in [0.15, 0.2) is 4.11 Å². The molecule has 0 saturated carbocycles. The fourth-order valence-electron chi connectivity index (χ4n) is 0.562. The van der Waals surface area contributed by atoms with E-state index in [1.807, 2.05) is 6.92 Å². The summed E-state index contributed by atoms with van der Waals surface area (Å²) in [6, 6.07) is 0. The van der Waals surface area contributed by atoms with Crippen molar-refractivity contribution < 1.29 is 9.53 Å². The number of esters is 1. The molecule has 13 heavy (non-hydrogen) atoms. The molecule has 2 nitrogen and oxygen atoms in total. The Hall–Kier alpha value is 1.07. The number of hydrogen-bond acceptors (Lipinski definition) is 2. The molecule has 0 spiro atoms. The van der Waals surface area contributed by atoms with Crippen molar-refractivity contribution in [3.8, 4) is 0 Å². The summed E-state index contributed by atoms with van der Waals surface area (Å²) in [7, 11) is 0. The highest BCUT2D eigenvalue weighted by molar-refractivity contribution is 14.1. The van der Waals surface area contributed by atoms with Crippen molar-refractivity contribution in [3.05, 3.63) is 0 Å². The number of unbranched alkanes of at least 4 members (excludes halogenated alkanes) is 1. The van der Waals surface area contributed by atoms with Crippen molar-refractivity contribution in [2.24, 2.45) is 0 Å². The summed E-state index contributed by atoms with van der Waals surface area (Å²) in [6.45, 7) is 1.99. The molecule has 78 valence electrons. The lowest BCUT2D eigenvalue weighted by molar-refractivity contribution is -0.144. The summed E-state index contributed by atoms with van der Waals surface area (Å²) >= 11 is 18.3. The predicted octanol–water partition coefficient (Wildman–Crippen LogP) is 3.85. The molecule has 0 aromatic rings. The zero-order chi connectivity index (χ0) is 10.5. The number of halogens is 4. The maximum atomic E-state index is 11.1. The lowest BCUT2D eigenvalue weighted by Gasteiger charge is -2.18. The molecule has 0 aliphatic rings. The minimum atomic E-state index is -1.55. The van der Waals surface area contributed by atoms with E-state index in [0.29, 0.717) is 6.42 Å². The van der Waals surface area contributed by atoms with Gasteiger partial charge in [-0.1, -0.05) is 48.1 Å². The van der Waals surface area contributed by atoms with Crippen LogP contribution in [0.3, 0.4) is 0 Å². The van der Waals surface area contributed by atoms with Crippen molar-refractivity contribution in [1.29, 1.82) is 0 Å². The largest absolute Gasteiger partial charge is 0.447 e. The van der Waals surface area contributed by atoms with Gasteiger partial charge in [-0.25, -0.2) is 0 Å². The first kappa shape index (κ1) is 14.1. The molecule has 0 N–H and O–H groups in total. The van der Waals surface area contributed by atoms with Crippen LogP contribution >= 0.6 is 57.4 Å². The van der Waals surface area contributed by atoms with E-state index >= 15 is 0 Å². The quantitative estimate of drug-likeness (QED) is 0.433. The Labute approximate surface area is 106 Å². The summed E-state index contributed by atoms with van der Waals surface area (Å²) in [4.78, 5) is 11.1. The third-order valence-corrected chi connectivity index (χ3v) is 4.11. The first-order chi connectivity index (χ1) is 5.88. The summed E-state index contributed by atoms with van der Waals surface area (Å²) in [5.41, 5.74) is 0. The Morgan fingerprint density at radius 1 is 1.54 bits per heavy atom. The number of ether oxygens (including phenoxy) is 1. The first-order valence-electron chi connectivity index (χ1n) is 3.78. The third kappa shape index (κ3) is 7.05. The van der Waals surface area contributed by atoms with Crippen LogP contribution in [0.2, 0.25) is 0 Å². The second-order valence-electron chi connectivity index (χ2n) is 2.45. The molecular formula is C7H10Cl3IO2. The number of carbonyl (C=O) groups is 1. The first-order valence-corrected chi connectivity index (χ1v) is 6.16. The molecule has 0 amide bonds. The lowest BCUT2D eigenvalue weighted by atomic mass is 10.2. The van der Waals surface area contributed by atoms with Gasteiger partial charge in [-0.3, -0.25) is 4.79 Å². The van der Waals surface area contributed by atoms with Crippen molar-refractivity contribution >= 4 is 63.4 Å². The summed E-state index contributed by atoms with van der Waals surface area (Å²) in [5.74, 6) is -0.326. The number of rotatable bonds is 4. The summed E-state index contributed by atoms with van der Waals surface area (Å²) in [5, 5.41) is 0. The molecule has 0 rings (SSSR count). The van der Waals surface area contributed by atoms with Gasteiger partial charge in [0, 0.05) is 6.42 Å². The molecule has 0 aromatic heterocycles. The van der Waals surface area contributed by atoms with E-state index in [0.717, 1.165) is 12.8 Å². The van der Waals surface area contributed by atoms with Gasteiger partial charge in [-0.05, 0) is 29.0 Å². The molecule has 0 aromatic carbocycles. The van der Waals surface area contributed by atoms with E-state index < -0.39 is 7.90 Å². The average molecular weight is 359 g/mol. The minimum Gasteiger partial charge on any atom is -0.447 e. The molecule has 0 aliphatic heterocycles. The second kappa shape index (κ2) is 6.53. The molecule has 0 aliphatic carbocycles. The summed E-state index contributed by atoms with van der Waals surface area (Å²) < 4.78 is 2.58. The molecule has 0 fully saturated rings. The predicted molar refractivity (Wildman–Crippen MR) is 63.7 cm³/mol. The lowest BCUT2D eigenvalue weighted by Crippen LogP contribution is -2.25. The molecule has 1 unspecified atom stereocenters. The van der Waals surface area contributed by atoms with Crippen LogP contribution in [0.25, 0.3) is 0 Å².